The van der Waals surface area contributed by atoms with Gasteiger partial charge >= 0.3 is 0 Å². The summed E-state index contributed by atoms with van der Waals surface area (Å²) in [6.45, 7) is 5.50. The molecule has 2 atom stereocenters. The third-order valence-corrected chi connectivity index (χ3v) is 3.60. The van der Waals surface area contributed by atoms with Crippen LogP contribution in [0, 0.1) is 0 Å². The van der Waals surface area contributed by atoms with Crippen LogP contribution in [0.1, 0.15) is 39.0 Å². The Morgan fingerprint density at radius 1 is 1.44 bits per heavy atom. The van der Waals surface area contributed by atoms with Gasteiger partial charge in [0.15, 0.2) is 0 Å². The molecule has 0 aromatic rings. The summed E-state index contributed by atoms with van der Waals surface area (Å²) in [5.41, 5.74) is 0. The minimum atomic E-state index is 0.474. The van der Waals surface area contributed by atoms with E-state index in [0.29, 0.717) is 6.04 Å². The minimum Gasteiger partial charge on any atom is -0.383 e. The summed E-state index contributed by atoms with van der Waals surface area (Å²) in [5.74, 6) is 0. The van der Waals surface area contributed by atoms with E-state index in [2.05, 4.69) is 17.1 Å². The first-order valence-electron chi connectivity index (χ1n) is 6.72. The monoisotopic (exact) mass is 228 g/mol. The molecule has 0 aromatic carbocycles. The highest BCUT2D eigenvalue weighted by Gasteiger charge is 2.23. The fraction of sp³-hybridized carbons (Fsp3) is 1.00. The molecule has 0 amide bonds. The molecule has 16 heavy (non-hydrogen) atoms. The molecule has 1 saturated heterocycles. The second kappa shape index (κ2) is 8.04. The van der Waals surface area contributed by atoms with E-state index >= 15 is 0 Å². The molecule has 1 aliphatic rings. The van der Waals surface area contributed by atoms with Gasteiger partial charge in [-0.2, -0.15) is 0 Å². The fourth-order valence-corrected chi connectivity index (χ4v) is 2.67. The molecule has 1 rings (SSSR count). The predicted octanol–water partition coefficient (Wildman–Crippen LogP) is 1.88. The van der Waals surface area contributed by atoms with Crippen molar-refractivity contribution in [1.82, 2.24) is 10.2 Å². The molecule has 1 fully saturated rings. The molecule has 0 aromatic heterocycles. The van der Waals surface area contributed by atoms with Crippen LogP contribution in [-0.2, 0) is 4.74 Å². The molecule has 0 saturated carbocycles. The molecule has 1 aliphatic heterocycles. The van der Waals surface area contributed by atoms with Crippen LogP contribution in [0.25, 0.3) is 0 Å². The molecule has 0 spiro atoms. The van der Waals surface area contributed by atoms with Crippen molar-refractivity contribution < 1.29 is 4.74 Å². The average molecular weight is 228 g/mol. The Balaban J connectivity index is 2.40. The molecule has 2 unspecified atom stereocenters. The molecule has 0 radical (unpaired) electrons. The number of piperidine rings is 1. The Morgan fingerprint density at radius 2 is 2.25 bits per heavy atom. The van der Waals surface area contributed by atoms with E-state index in [1.165, 1.54) is 38.6 Å². The van der Waals surface area contributed by atoms with Crippen molar-refractivity contribution in [3.8, 4) is 0 Å². The Kier molecular flexibility index (Phi) is 7.01. The number of likely N-dealkylation sites (N-methyl/N-ethyl adjacent to an activating group) is 1. The lowest BCUT2D eigenvalue weighted by Gasteiger charge is -2.37. The van der Waals surface area contributed by atoms with Crippen LogP contribution in [0.4, 0.5) is 0 Å². The van der Waals surface area contributed by atoms with Crippen molar-refractivity contribution in [3.63, 3.8) is 0 Å². The molecule has 3 heteroatoms. The van der Waals surface area contributed by atoms with Gasteiger partial charge < -0.3 is 10.1 Å². The number of methoxy groups -OCH3 is 1. The number of hydrogen-bond donors (Lipinski definition) is 1. The van der Waals surface area contributed by atoms with E-state index in [1.807, 2.05) is 7.05 Å². The van der Waals surface area contributed by atoms with Crippen molar-refractivity contribution in [2.24, 2.45) is 0 Å². The first-order valence-corrected chi connectivity index (χ1v) is 6.72. The minimum absolute atomic E-state index is 0.474. The standard InChI is InChI=1S/C13H28N2O/c1-4-7-13-8-5-6-9-15(13)10-12(14-2)11-16-3/h12-14H,4-11H2,1-3H3. The Morgan fingerprint density at radius 3 is 2.88 bits per heavy atom. The van der Waals surface area contributed by atoms with E-state index in [1.54, 1.807) is 7.11 Å². The lowest BCUT2D eigenvalue weighted by molar-refractivity contribution is 0.0956. The highest BCUT2D eigenvalue weighted by atomic mass is 16.5. The van der Waals surface area contributed by atoms with Crippen LogP contribution in [0.5, 0.6) is 0 Å². The summed E-state index contributed by atoms with van der Waals surface area (Å²) in [6.07, 6.45) is 6.82. The Hall–Kier alpha value is -0.120. The second-order valence-electron chi connectivity index (χ2n) is 4.87. The van der Waals surface area contributed by atoms with Gasteiger partial charge in [0.2, 0.25) is 0 Å². The zero-order chi connectivity index (χ0) is 11.8. The molecule has 0 aliphatic carbocycles. The Labute approximate surface area is 101 Å². The SMILES string of the molecule is CCCC1CCCCN1CC(COC)NC. The van der Waals surface area contributed by atoms with Crippen molar-refractivity contribution in [2.45, 2.75) is 51.1 Å². The second-order valence-corrected chi connectivity index (χ2v) is 4.87. The van der Waals surface area contributed by atoms with Crippen molar-refractivity contribution in [2.75, 3.05) is 33.9 Å². The third kappa shape index (κ3) is 4.40. The summed E-state index contributed by atoms with van der Waals surface area (Å²) in [7, 11) is 3.81. The zero-order valence-electron chi connectivity index (χ0n) is 11.2. The molecule has 96 valence electrons. The van der Waals surface area contributed by atoms with Crippen molar-refractivity contribution in [3.05, 3.63) is 0 Å². The van der Waals surface area contributed by atoms with E-state index < -0.39 is 0 Å². The summed E-state index contributed by atoms with van der Waals surface area (Å²) >= 11 is 0. The van der Waals surface area contributed by atoms with Crippen LogP contribution < -0.4 is 5.32 Å². The molecule has 1 heterocycles. The van der Waals surface area contributed by atoms with Crippen LogP contribution in [0.3, 0.4) is 0 Å². The summed E-state index contributed by atoms with van der Waals surface area (Å²) in [4.78, 5) is 2.66. The molecule has 3 nitrogen and oxygen atoms in total. The first kappa shape index (κ1) is 13.9. The maximum Gasteiger partial charge on any atom is 0.0628 e. The van der Waals surface area contributed by atoms with E-state index in [9.17, 15) is 0 Å². The first-order chi connectivity index (χ1) is 7.81. The fourth-order valence-electron chi connectivity index (χ4n) is 2.67. The molecular weight excluding hydrogens is 200 g/mol. The number of hydrogen-bond acceptors (Lipinski definition) is 3. The van der Waals surface area contributed by atoms with E-state index in [0.717, 1.165) is 19.2 Å². The third-order valence-electron chi connectivity index (χ3n) is 3.60. The van der Waals surface area contributed by atoms with E-state index in [4.69, 9.17) is 4.74 Å². The zero-order valence-corrected chi connectivity index (χ0v) is 11.2. The lowest BCUT2D eigenvalue weighted by Crippen LogP contribution is -2.48. The summed E-state index contributed by atoms with van der Waals surface area (Å²) in [6, 6.07) is 1.29. The number of nitrogens with one attached hydrogen (secondary N) is 1. The smallest absolute Gasteiger partial charge is 0.0628 e. The molecule has 0 bridgehead atoms. The highest BCUT2D eigenvalue weighted by molar-refractivity contribution is 4.80. The van der Waals surface area contributed by atoms with Crippen LogP contribution in [0.2, 0.25) is 0 Å². The highest BCUT2D eigenvalue weighted by Crippen LogP contribution is 2.20. The maximum absolute atomic E-state index is 5.24. The number of ether oxygens (including phenoxy) is 1. The largest absolute Gasteiger partial charge is 0.383 e. The average Bonchev–Trinajstić information content (AvgIpc) is 2.31. The topological polar surface area (TPSA) is 24.5 Å². The van der Waals surface area contributed by atoms with Crippen LogP contribution in [0.15, 0.2) is 0 Å². The van der Waals surface area contributed by atoms with Gasteiger partial charge in [0.25, 0.3) is 0 Å². The van der Waals surface area contributed by atoms with Crippen LogP contribution >= 0.6 is 0 Å². The maximum atomic E-state index is 5.24. The lowest BCUT2D eigenvalue weighted by atomic mass is 9.97. The summed E-state index contributed by atoms with van der Waals surface area (Å²) < 4.78 is 5.24. The van der Waals surface area contributed by atoms with Gasteiger partial charge in [-0.3, -0.25) is 4.90 Å². The number of nitrogens with zero attached hydrogens (tertiary/aromatic N) is 1. The van der Waals surface area contributed by atoms with Crippen molar-refractivity contribution in [1.29, 1.82) is 0 Å². The van der Waals surface area contributed by atoms with Gasteiger partial charge in [0.1, 0.15) is 0 Å². The number of rotatable bonds is 7. The summed E-state index contributed by atoms with van der Waals surface area (Å²) in [5, 5.41) is 3.35. The van der Waals surface area contributed by atoms with Crippen LogP contribution in [-0.4, -0.2) is 50.8 Å². The molecular formula is C13H28N2O. The van der Waals surface area contributed by atoms with Gasteiger partial charge in [-0.15, -0.1) is 0 Å². The quantitative estimate of drug-likeness (QED) is 0.720. The predicted molar refractivity (Wildman–Crippen MR) is 68.8 cm³/mol. The molecule has 1 N–H and O–H groups in total. The van der Waals surface area contributed by atoms with Gasteiger partial charge in [-0.25, -0.2) is 0 Å². The normalized spacial score (nSPS) is 24.6. The van der Waals surface area contributed by atoms with Gasteiger partial charge in [0, 0.05) is 25.7 Å². The van der Waals surface area contributed by atoms with E-state index in [-0.39, 0.29) is 0 Å². The number of likely N-dealkylation sites (tertiary alicyclic amines) is 1. The Bertz CT molecular complexity index is 173. The van der Waals surface area contributed by atoms with Gasteiger partial charge in [0.05, 0.1) is 6.61 Å². The van der Waals surface area contributed by atoms with Gasteiger partial charge in [-0.05, 0) is 32.9 Å². The van der Waals surface area contributed by atoms with Crippen molar-refractivity contribution >= 4 is 0 Å². The van der Waals surface area contributed by atoms with Gasteiger partial charge in [-0.1, -0.05) is 19.8 Å².